The molecule has 0 atom stereocenters. The molecule has 0 bridgehead atoms. The van der Waals surface area contributed by atoms with Crippen LogP contribution in [0.2, 0.25) is 0 Å². The highest BCUT2D eigenvalue weighted by Gasteiger charge is 2.04. The number of anilines is 5. The lowest BCUT2D eigenvalue weighted by atomic mass is 10.5. The van der Waals surface area contributed by atoms with Crippen molar-refractivity contribution >= 4 is 53.5 Å². The zero-order chi connectivity index (χ0) is 44.4. The first-order valence-corrected chi connectivity index (χ1v) is 17.3. The van der Waals surface area contributed by atoms with Crippen molar-refractivity contribution in [2.45, 2.75) is 26.9 Å². The van der Waals surface area contributed by atoms with Gasteiger partial charge in [-0.3, -0.25) is 60.5 Å². The molecule has 0 unspecified atom stereocenters. The summed E-state index contributed by atoms with van der Waals surface area (Å²) >= 11 is 9.93. The third kappa shape index (κ3) is 11.6. The molecule has 0 aliphatic heterocycles. The smallest absolute Gasteiger partial charge is 0.332 e. The average molecular weight is 836 g/mol. The van der Waals surface area contributed by atoms with Crippen LogP contribution in [-0.4, -0.2) is 45.7 Å². The fraction of sp³-hybridized carbons (Fsp3) is 0.375. The maximum absolute atomic E-state index is 11.3. The summed E-state index contributed by atoms with van der Waals surface area (Å²) in [7, 11) is 12.2. The van der Waals surface area contributed by atoms with E-state index in [0.29, 0.717) is 34.3 Å². The molecule has 0 fully saturated rings. The first kappa shape index (κ1) is 48.3. The Hall–Kier alpha value is -6.76. The molecule has 0 aliphatic rings. The summed E-state index contributed by atoms with van der Waals surface area (Å²) in [6.45, 7) is 4.87. The van der Waals surface area contributed by atoms with E-state index in [4.69, 9.17) is 53.1 Å². The largest absolute Gasteiger partial charge is 0.385 e. The quantitative estimate of drug-likeness (QED) is 0.111. The Morgan fingerprint density at radius 1 is 0.368 bits per heavy atom. The molecule has 0 saturated carbocycles. The molecule has 23 nitrogen and oxygen atoms in total. The van der Waals surface area contributed by atoms with Gasteiger partial charge >= 0.3 is 17.1 Å². The van der Waals surface area contributed by atoms with Gasteiger partial charge in [-0.1, -0.05) is 0 Å². The van der Waals surface area contributed by atoms with E-state index in [-0.39, 0.29) is 50.9 Å². The van der Waals surface area contributed by atoms with Gasteiger partial charge in [0.15, 0.2) is 9.54 Å². The van der Waals surface area contributed by atoms with E-state index >= 15 is 0 Å². The van der Waals surface area contributed by atoms with Crippen molar-refractivity contribution < 1.29 is 0 Å². The van der Waals surface area contributed by atoms with Crippen LogP contribution in [0.3, 0.4) is 0 Å². The Balaban J connectivity index is 0.000000356. The number of nitrogens with two attached hydrogens (primary N) is 5. The number of hydrogen-bond donors (Lipinski definition) is 5. The van der Waals surface area contributed by atoms with Gasteiger partial charge in [0.1, 0.15) is 29.1 Å². The SMILES string of the molecule is CCn1c(N)cc(=O)n(C)c1=O.CCn1c(N)cc(=O)n(C)c1=S.Cn1c(N)cc(=O)n(C)c1=O.Cn1c(N)cc(=O)n(C)c1=O.Cn1c(N)cc(=O)n(C)c1=S. The summed E-state index contributed by atoms with van der Waals surface area (Å²) in [5.41, 5.74) is 24.5. The highest BCUT2D eigenvalue weighted by molar-refractivity contribution is 7.71. The second kappa shape index (κ2) is 20.2. The lowest BCUT2D eigenvalue weighted by Gasteiger charge is -2.09. The standard InChI is InChI=1S/C7H11N3O2.C7H11N3OS.2C6H9N3O2.C6H9N3OS/c2*1-3-10-5(8)4-6(11)9(2)7(10)12;3*1-8-4(7)3-5(10)9(2)6(8)11/h2*4H,3,8H2,1-2H3;3*3H,7H2,1-2H3. The predicted molar refractivity (Wildman–Crippen MR) is 225 cm³/mol. The molecule has 0 aromatic carbocycles. The van der Waals surface area contributed by atoms with Crippen LogP contribution in [0.25, 0.3) is 0 Å². The second-order valence-corrected chi connectivity index (χ2v) is 12.6. The lowest BCUT2D eigenvalue weighted by molar-refractivity contribution is 0.638. The van der Waals surface area contributed by atoms with E-state index in [1.807, 2.05) is 6.92 Å². The van der Waals surface area contributed by atoms with Gasteiger partial charge in [-0.15, -0.1) is 0 Å². The molecule has 0 amide bonds. The number of hydrogen-bond acceptors (Lipinski definition) is 15. The first-order valence-electron chi connectivity index (χ1n) is 16.5. The number of nitrogens with zero attached hydrogens (tertiary/aromatic N) is 10. The second-order valence-electron chi connectivity index (χ2n) is 11.9. The van der Waals surface area contributed by atoms with Crippen molar-refractivity contribution in [2.75, 3.05) is 28.7 Å². The van der Waals surface area contributed by atoms with Crippen LogP contribution in [0.1, 0.15) is 13.8 Å². The molecular formula is C32H49N15O8S2. The Morgan fingerprint density at radius 2 is 0.632 bits per heavy atom. The summed E-state index contributed by atoms with van der Waals surface area (Å²) in [6, 6.07) is 6.38. The van der Waals surface area contributed by atoms with Crippen LogP contribution in [0.15, 0.2) is 68.7 Å². The van der Waals surface area contributed by atoms with Crippen LogP contribution in [0.5, 0.6) is 0 Å². The third-order valence-electron chi connectivity index (χ3n) is 8.18. The molecule has 5 rings (SSSR count). The first-order chi connectivity index (χ1) is 26.3. The van der Waals surface area contributed by atoms with Gasteiger partial charge in [-0.25, -0.2) is 14.4 Å². The molecule has 0 radical (unpaired) electrons. The minimum absolute atomic E-state index is 0.165. The molecule has 5 aromatic rings. The molecule has 25 heteroatoms. The minimum Gasteiger partial charge on any atom is -0.385 e. The summed E-state index contributed by atoms with van der Waals surface area (Å²) in [5.74, 6) is 1.38. The molecule has 312 valence electrons. The molecule has 57 heavy (non-hydrogen) atoms. The van der Waals surface area contributed by atoms with Gasteiger partial charge in [0.25, 0.3) is 27.8 Å². The highest BCUT2D eigenvalue weighted by Crippen LogP contribution is 1.99. The maximum atomic E-state index is 11.3. The van der Waals surface area contributed by atoms with Crippen molar-refractivity contribution in [3.63, 3.8) is 0 Å². The molecule has 10 N–H and O–H groups in total. The Bertz CT molecular complexity index is 2620. The highest BCUT2D eigenvalue weighted by atomic mass is 32.1. The Kier molecular flexibility index (Phi) is 17.1. The normalized spacial score (nSPS) is 10.1. The van der Waals surface area contributed by atoms with Crippen LogP contribution < -0.4 is 73.5 Å². The molecular weight excluding hydrogens is 787 g/mol. The van der Waals surface area contributed by atoms with Gasteiger partial charge in [0.05, 0.1) is 0 Å². The van der Waals surface area contributed by atoms with E-state index < -0.39 is 11.4 Å². The van der Waals surface area contributed by atoms with E-state index in [1.165, 1.54) is 88.4 Å². The van der Waals surface area contributed by atoms with Gasteiger partial charge < -0.3 is 37.8 Å². The molecule has 5 heterocycles. The van der Waals surface area contributed by atoms with E-state index in [2.05, 4.69) is 0 Å². The van der Waals surface area contributed by atoms with Crippen LogP contribution in [0, 0.1) is 9.54 Å². The zero-order valence-electron chi connectivity index (χ0n) is 33.2. The van der Waals surface area contributed by atoms with Gasteiger partial charge in [0.2, 0.25) is 0 Å². The van der Waals surface area contributed by atoms with Crippen LogP contribution in [0.4, 0.5) is 29.1 Å². The molecule has 0 spiro atoms. The number of nitrogen functional groups attached to an aromatic ring is 5. The summed E-state index contributed by atoms with van der Waals surface area (Å²) in [5, 5.41) is 0. The maximum Gasteiger partial charge on any atom is 0.332 e. The van der Waals surface area contributed by atoms with Crippen LogP contribution in [-0.2, 0) is 69.5 Å². The monoisotopic (exact) mass is 835 g/mol. The summed E-state index contributed by atoms with van der Waals surface area (Å²) in [6.07, 6.45) is 0. The van der Waals surface area contributed by atoms with Gasteiger partial charge in [-0.05, 0) is 38.3 Å². The van der Waals surface area contributed by atoms with Crippen molar-refractivity contribution in [1.29, 1.82) is 0 Å². The van der Waals surface area contributed by atoms with E-state index in [0.717, 1.165) is 13.7 Å². The average Bonchev–Trinajstić information content (AvgIpc) is 3.15. The van der Waals surface area contributed by atoms with Gasteiger partial charge in [0, 0.05) is 99.8 Å². The predicted octanol–water partition coefficient (Wildman–Crippen LogP) is -2.96. The van der Waals surface area contributed by atoms with E-state index in [9.17, 15) is 38.4 Å². The number of rotatable bonds is 2. The third-order valence-corrected chi connectivity index (χ3v) is 9.23. The summed E-state index contributed by atoms with van der Waals surface area (Å²) < 4.78 is 13.7. The molecule has 5 aromatic heterocycles. The molecule has 0 aliphatic carbocycles. The zero-order valence-corrected chi connectivity index (χ0v) is 34.9. The lowest BCUT2D eigenvalue weighted by Crippen LogP contribution is -2.38. The van der Waals surface area contributed by atoms with Crippen molar-refractivity contribution in [3.05, 3.63) is 123 Å². The fourth-order valence-corrected chi connectivity index (χ4v) is 4.78. The van der Waals surface area contributed by atoms with Crippen molar-refractivity contribution in [3.8, 4) is 0 Å². The molecule has 0 saturated heterocycles. The van der Waals surface area contributed by atoms with Gasteiger partial charge in [-0.2, -0.15) is 0 Å². The fourth-order valence-electron chi connectivity index (χ4n) is 4.26. The topological polar surface area (TPSA) is 316 Å². The summed E-state index contributed by atoms with van der Waals surface area (Å²) in [4.78, 5) is 88.3. The Morgan fingerprint density at radius 3 is 0.982 bits per heavy atom. The van der Waals surface area contributed by atoms with Crippen molar-refractivity contribution in [2.24, 2.45) is 56.4 Å². The Labute approximate surface area is 333 Å². The van der Waals surface area contributed by atoms with E-state index in [1.54, 1.807) is 37.2 Å². The van der Waals surface area contributed by atoms with Crippen molar-refractivity contribution in [1.82, 2.24) is 45.7 Å². The van der Waals surface area contributed by atoms with Crippen LogP contribution >= 0.6 is 24.4 Å². The number of aromatic nitrogens is 10. The minimum atomic E-state index is -0.407.